The first-order chi connectivity index (χ1) is 13.5. The number of nitrogens with zero attached hydrogens (tertiary/aromatic N) is 2. The normalized spacial score (nSPS) is 10.6. The number of fused-ring (bicyclic) bond motifs is 1. The molecule has 0 atom stereocenters. The molecule has 144 valence electrons. The van der Waals surface area contributed by atoms with Gasteiger partial charge < -0.3 is 10.6 Å². The van der Waals surface area contributed by atoms with Crippen LogP contribution >= 0.6 is 0 Å². The highest BCUT2D eigenvalue weighted by molar-refractivity contribution is 5.95. The number of nitrogens with one attached hydrogen (secondary N) is 2. The number of aromatic nitrogens is 2. The van der Waals surface area contributed by atoms with Crippen molar-refractivity contribution in [2.24, 2.45) is 0 Å². The van der Waals surface area contributed by atoms with Crippen molar-refractivity contribution in [2.45, 2.75) is 19.9 Å². The van der Waals surface area contributed by atoms with Crippen molar-refractivity contribution in [3.63, 3.8) is 0 Å². The predicted molar refractivity (Wildman–Crippen MR) is 103 cm³/mol. The van der Waals surface area contributed by atoms with E-state index in [0.29, 0.717) is 5.69 Å². The van der Waals surface area contributed by atoms with Gasteiger partial charge in [0.2, 0.25) is 11.8 Å². The highest BCUT2D eigenvalue weighted by Gasteiger charge is 2.11. The molecule has 0 fully saturated rings. The molecule has 0 unspecified atom stereocenters. The Morgan fingerprint density at radius 3 is 2.71 bits per heavy atom. The van der Waals surface area contributed by atoms with Crippen molar-refractivity contribution in [1.82, 2.24) is 14.9 Å². The molecule has 2 amide bonds. The molecule has 0 bridgehead atoms. The largest absolute Gasteiger partial charge is 0.345 e. The van der Waals surface area contributed by atoms with Gasteiger partial charge in [0.25, 0.3) is 5.56 Å². The van der Waals surface area contributed by atoms with Gasteiger partial charge in [-0.25, -0.2) is 9.37 Å². The summed E-state index contributed by atoms with van der Waals surface area (Å²) >= 11 is 0. The van der Waals surface area contributed by atoms with Crippen molar-refractivity contribution < 1.29 is 14.0 Å². The molecular formula is C20H19FN4O3. The third-order valence-electron chi connectivity index (χ3n) is 4.22. The summed E-state index contributed by atoms with van der Waals surface area (Å²) in [6, 6.07) is 11.1. The summed E-state index contributed by atoms with van der Waals surface area (Å²) in [5.74, 6) is -1.37. The highest BCUT2D eigenvalue weighted by atomic mass is 19.1. The molecule has 0 saturated carbocycles. The molecule has 0 aliphatic carbocycles. The quantitative estimate of drug-likeness (QED) is 0.681. The molecule has 0 aliphatic rings. The van der Waals surface area contributed by atoms with Crippen molar-refractivity contribution in [2.75, 3.05) is 11.9 Å². The lowest BCUT2D eigenvalue weighted by atomic mass is 10.1. The number of halogens is 1. The fraction of sp³-hybridized carbons (Fsp3) is 0.200. The van der Waals surface area contributed by atoms with Crippen molar-refractivity contribution >= 4 is 28.4 Å². The van der Waals surface area contributed by atoms with Gasteiger partial charge in [0.1, 0.15) is 12.4 Å². The first-order valence-electron chi connectivity index (χ1n) is 8.77. The number of para-hydroxylation sites is 1. The molecule has 2 aromatic carbocycles. The average Bonchev–Trinajstić information content (AvgIpc) is 2.69. The van der Waals surface area contributed by atoms with Crippen LogP contribution in [0.5, 0.6) is 0 Å². The van der Waals surface area contributed by atoms with E-state index < -0.39 is 17.3 Å². The summed E-state index contributed by atoms with van der Waals surface area (Å²) in [6.07, 6.45) is 1.95. The summed E-state index contributed by atoms with van der Waals surface area (Å²) in [5, 5.41) is 5.44. The molecule has 28 heavy (non-hydrogen) atoms. The molecule has 8 heteroatoms. The van der Waals surface area contributed by atoms with Gasteiger partial charge in [-0.2, -0.15) is 0 Å². The van der Waals surface area contributed by atoms with E-state index in [-0.39, 0.29) is 29.9 Å². The summed E-state index contributed by atoms with van der Waals surface area (Å²) in [4.78, 5) is 40.5. The molecule has 3 aromatic rings. The fourth-order valence-corrected chi connectivity index (χ4v) is 2.78. The van der Waals surface area contributed by atoms with Gasteiger partial charge in [-0.1, -0.05) is 25.1 Å². The second-order valence-corrected chi connectivity index (χ2v) is 6.17. The maximum atomic E-state index is 13.2. The van der Waals surface area contributed by atoms with Gasteiger partial charge in [0.05, 0.1) is 23.8 Å². The van der Waals surface area contributed by atoms with Crippen LogP contribution in [-0.4, -0.2) is 27.9 Å². The molecular weight excluding hydrogens is 363 g/mol. The highest BCUT2D eigenvalue weighted by Crippen LogP contribution is 2.15. The van der Waals surface area contributed by atoms with Crippen LogP contribution in [0.15, 0.2) is 53.6 Å². The predicted octanol–water partition coefficient (Wildman–Crippen LogP) is 1.85. The second-order valence-electron chi connectivity index (χ2n) is 6.17. The minimum absolute atomic E-state index is 0.214. The molecule has 0 radical (unpaired) electrons. The lowest BCUT2D eigenvalue weighted by Gasteiger charge is -2.11. The number of carbonyl (C=O) groups excluding carboxylic acids is 2. The summed E-state index contributed by atoms with van der Waals surface area (Å²) in [7, 11) is 0. The van der Waals surface area contributed by atoms with Crippen LogP contribution < -0.4 is 16.2 Å². The Balaban J connectivity index is 1.61. The first-order valence-corrected chi connectivity index (χ1v) is 8.77. The van der Waals surface area contributed by atoms with Gasteiger partial charge in [-0.05, 0) is 30.2 Å². The van der Waals surface area contributed by atoms with Crippen molar-refractivity contribution in [3.05, 3.63) is 70.5 Å². The topological polar surface area (TPSA) is 93.1 Å². The zero-order valence-electron chi connectivity index (χ0n) is 15.2. The van der Waals surface area contributed by atoms with Crippen LogP contribution in [0.4, 0.5) is 10.1 Å². The number of aryl methyl sites for hydroxylation is 1. The van der Waals surface area contributed by atoms with Crippen LogP contribution in [-0.2, 0) is 22.6 Å². The Morgan fingerprint density at radius 2 is 1.93 bits per heavy atom. The lowest BCUT2D eigenvalue weighted by molar-refractivity contribution is -0.124. The Morgan fingerprint density at radius 1 is 1.14 bits per heavy atom. The van der Waals surface area contributed by atoms with Gasteiger partial charge in [-0.15, -0.1) is 0 Å². The van der Waals surface area contributed by atoms with E-state index >= 15 is 0 Å². The smallest absolute Gasteiger partial charge is 0.261 e. The standard InChI is InChI=1S/C20H19FN4O3/c1-2-13-5-3-4-6-16(13)24-18(26)10-22-19(27)11-25-12-23-17-9-14(21)7-8-15(17)20(25)28/h3-9,12H,2,10-11H2,1H3,(H,22,27)(H,24,26). The first kappa shape index (κ1) is 19.2. The number of anilines is 1. The number of rotatable bonds is 6. The van der Waals surface area contributed by atoms with E-state index in [1.165, 1.54) is 12.4 Å². The zero-order valence-corrected chi connectivity index (χ0v) is 15.2. The van der Waals surface area contributed by atoms with E-state index in [1.807, 2.05) is 25.1 Å². The number of benzene rings is 2. The second kappa shape index (κ2) is 8.43. The van der Waals surface area contributed by atoms with Crippen LogP contribution in [0.2, 0.25) is 0 Å². The molecule has 0 saturated heterocycles. The maximum Gasteiger partial charge on any atom is 0.261 e. The Labute approximate surface area is 160 Å². The van der Waals surface area contributed by atoms with Crippen LogP contribution in [0.25, 0.3) is 10.9 Å². The minimum atomic E-state index is -0.510. The lowest BCUT2D eigenvalue weighted by Crippen LogP contribution is -2.37. The average molecular weight is 382 g/mol. The zero-order chi connectivity index (χ0) is 20.1. The van der Waals surface area contributed by atoms with Crippen LogP contribution in [0.1, 0.15) is 12.5 Å². The monoisotopic (exact) mass is 382 g/mol. The number of hydrogen-bond donors (Lipinski definition) is 2. The summed E-state index contributed by atoms with van der Waals surface area (Å²) in [6.45, 7) is 1.46. The van der Waals surface area contributed by atoms with E-state index in [2.05, 4.69) is 15.6 Å². The van der Waals surface area contributed by atoms with E-state index in [4.69, 9.17) is 0 Å². The van der Waals surface area contributed by atoms with E-state index in [9.17, 15) is 18.8 Å². The molecule has 0 spiro atoms. The van der Waals surface area contributed by atoms with E-state index in [0.717, 1.165) is 28.7 Å². The molecule has 2 N–H and O–H groups in total. The maximum absolute atomic E-state index is 13.2. The van der Waals surface area contributed by atoms with Crippen LogP contribution in [0, 0.1) is 5.82 Å². The minimum Gasteiger partial charge on any atom is -0.345 e. The third-order valence-corrected chi connectivity index (χ3v) is 4.22. The molecule has 3 rings (SSSR count). The molecule has 0 aliphatic heterocycles. The van der Waals surface area contributed by atoms with Gasteiger partial charge in [0, 0.05) is 11.8 Å². The SMILES string of the molecule is CCc1ccccc1NC(=O)CNC(=O)Cn1cnc2cc(F)ccc2c1=O. The van der Waals surface area contributed by atoms with Gasteiger partial charge in [0.15, 0.2) is 0 Å². The number of hydrogen-bond acceptors (Lipinski definition) is 4. The van der Waals surface area contributed by atoms with Gasteiger partial charge >= 0.3 is 0 Å². The van der Waals surface area contributed by atoms with Crippen molar-refractivity contribution in [1.29, 1.82) is 0 Å². The molecule has 7 nitrogen and oxygen atoms in total. The van der Waals surface area contributed by atoms with E-state index in [1.54, 1.807) is 6.07 Å². The summed E-state index contributed by atoms with van der Waals surface area (Å²) < 4.78 is 14.3. The van der Waals surface area contributed by atoms with Gasteiger partial charge in [-0.3, -0.25) is 19.0 Å². The Bertz CT molecular complexity index is 1090. The Kier molecular flexibility index (Phi) is 5.78. The fourth-order valence-electron chi connectivity index (χ4n) is 2.78. The number of carbonyl (C=O) groups is 2. The summed E-state index contributed by atoms with van der Waals surface area (Å²) in [5.41, 5.74) is 1.45. The number of amides is 2. The third kappa shape index (κ3) is 4.40. The van der Waals surface area contributed by atoms with Crippen LogP contribution in [0.3, 0.4) is 0 Å². The Hall–Kier alpha value is -3.55. The molecule has 1 heterocycles. The van der Waals surface area contributed by atoms with Crippen molar-refractivity contribution in [3.8, 4) is 0 Å². The molecule has 1 aromatic heterocycles.